The quantitative estimate of drug-likeness (QED) is 0.420. The summed E-state index contributed by atoms with van der Waals surface area (Å²) in [5.41, 5.74) is 7.49. The summed E-state index contributed by atoms with van der Waals surface area (Å²) in [4.78, 5) is 0. The summed E-state index contributed by atoms with van der Waals surface area (Å²) in [6.07, 6.45) is 8.27. The highest BCUT2D eigenvalue weighted by Gasteiger charge is 2.24. The van der Waals surface area contributed by atoms with E-state index >= 15 is 0 Å². The van der Waals surface area contributed by atoms with E-state index in [-0.39, 0.29) is 0 Å². The standard InChI is InChI=1S/C24H19Br/c25-20-9-13-22-19(15-20)8-12-23-21-10-6-17(16-4-2-1-3-5-16)14-18(21)7-11-24(22)23/h1-6,8-10,12-13,15,17H,7,11,14H2. The Morgan fingerprint density at radius 1 is 0.880 bits per heavy atom. The van der Waals surface area contributed by atoms with Gasteiger partial charge in [-0.3, -0.25) is 0 Å². The fourth-order valence-electron chi connectivity index (χ4n) is 4.38. The van der Waals surface area contributed by atoms with Crippen LogP contribution in [0.1, 0.15) is 35.4 Å². The number of rotatable bonds is 1. The zero-order chi connectivity index (χ0) is 16.8. The molecule has 122 valence electrons. The third-order valence-corrected chi connectivity index (χ3v) is 6.12. The van der Waals surface area contributed by atoms with Crippen LogP contribution in [0.3, 0.4) is 0 Å². The second kappa shape index (κ2) is 6.00. The van der Waals surface area contributed by atoms with Crippen molar-refractivity contribution in [3.05, 3.63) is 99.6 Å². The van der Waals surface area contributed by atoms with Gasteiger partial charge < -0.3 is 0 Å². The smallest absolute Gasteiger partial charge is 0.0181 e. The molecular weight excluding hydrogens is 368 g/mol. The summed E-state index contributed by atoms with van der Waals surface area (Å²) < 4.78 is 1.15. The van der Waals surface area contributed by atoms with E-state index in [1.54, 1.807) is 5.57 Å². The van der Waals surface area contributed by atoms with Gasteiger partial charge in [0.15, 0.2) is 0 Å². The van der Waals surface area contributed by atoms with Crippen molar-refractivity contribution < 1.29 is 0 Å². The zero-order valence-corrected chi connectivity index (χ0v) is 15.6. The molecule has 0 aromatic heterocycles. The molecule has 1 unspecified atom stereocenters. The van der Waals surface area contributed by atoms with Crippen LogP contribution in [0.5, 0.6) is 0 Å². The number of benzene rings is 3. The van der Waals surface area contributed by atoms with Crippen LogP contribution in [-0.4, -0.2) is 0 Å². The Balaban J connectivity index is 1.57. The third kappa shape index (κ3) is 2.58. The topological polar surface area (TPSA) is 0 Å². The second-order valence-corrected chi connectivity index (χ2v) is 7.97. The third-order valence-electron chi connectivity index (χ3n) is 5.63. The van der Waals surface area contributed by atoms with E-state index in [0.717, 1.165) is 17.3 Å². The Labute approximate surface area is 157 Å². The molecule has 2 aliphatic carbocycles. The van der Waals surface area contributed by atoms with Gasteiger partial charge in [-0.15, -0.1) is 0 Å². The monoisotopic (exact) mass is 386 g/mol. The van der Waals surface area contributed by atoms with Crippen molar-refractivity contribution in [2.75, 3.05) is 0 Å². The molecule has 0 radical (unpaired) electrons. The SMILES string of the molecule is Brc1ccc2c3c(ccc2c1)C1=C(CC3)CC(c2ccccc2)C=C1. The first-order chi connectivity index (χ1) is 12.3. The largest absolute Gasteiger partial charge is 0.0761 e. The molecule has 0 heterocycles. The molecule has 0 fully saturated rings. The van der Waals surface area contributed by atoms with E-state index in [1.807, 2.05) is 0 Å². The Morgan fingerprint density at radius 2 is 1.76 bits per heavy atom. The van der Waals surface area contributed by atoms with Crippen molar-refractivity contribution in [2.24, 2.45) is 0 Å². The minimum atomic E-state index is 0.526. The molecule has 0 aliphatic heterocycles. The predicted octanol–water partition coefficient (Wildman–Crippen LogP) is 7.05. The van der Waals surface area contributed by atoms with Crippen molar-refractivity contribution in [1.82, 2.24) is 0 Å². The van der Waals surface area contributed by atoms with Crippen molar-refractivity contribution >= 4 is 32.3 Å². The van der Waals surface area contributed by atoms with E-state index in [4.69, 9.17) is 0 Å². The van der Waals surface area contributed by atoms with Crippen LogP contribution >= 0.6 is 15.9 Å². The van der Waals surface area contributed by atoms with E-state index in [2.05, 4.69) is 88.7 Å². The molecule has 0 nitrogen and oxygen atoms in total. The number of halogens is 1. The minimum absolute atomic E-state index is 0.526. The van der Waals surface area contributed by atoms with Crippen molar-refractivity contribution in [1.29, 1.82) is 0 Å². The lowest BCUT2D eigenvalue weighted by Gasteiger charge is -2.29. The zero-order valence-electron chi connectivity index (χ0n) is 14.0. The van der Waals surface area contributed by atoms with Crippen LogP contribution in [0.4, 0.5) is 0 Å². The summed E-state index contributed by atoms with van der Waals surface area (Å²) in [6, 6.07) is 22.1. The predicted molar refractivity (Wildman–Crippen MR) is 110 cm³/mol. The number of hydrogen-bond acceptors (Lipinski definition) is 0. The molecule has 3 aromatic carbocycles. The van der Waals surface area contributed by atoms with E-state index < -0.39 is 0 Å². The summed E-state index contributed by atoms with van der Waals surface area (Å²) in [7, 11) is 0. The first-order valence-corrected chi connectivity index (χ1v) is 9.75. The van der Waals surface area contributed by atoms with Gasteiger partial charge in [0.1, 0.15) is 0 Å². The minimum Gasteiger partial charge on any atom is -0.0761 e. The first kappa shape index (κ1) is 15.2. The van der Waals surface area contributed by atoms with E-state index in [0.29, 0.717) is 5.92 Å². The fraction of sp³-hybridized carbons (Fsp3) is 0.167. The van der Waals surface area contributed by atoms with E-state index in [9.17, 15) is 0 Å². The van der Waals surface area contributed by atoms with Gasteiger partial charge >= 0.3 is 0 Å². The lowest BCUT2D eigenvalue weighted by Crippen LogP contribution is -2.11. The summed E-state index contributed by atoms with van der Waals surface area (Å²) in [5, 5.41) is 2.74. The maximum atomic E-state index is 3.59. The molecule has 1 atom stereocenters. The highest BCUT2D eigenvalue weighted by molar-refractivity contribution is 9.10. The average molecular weight is 387 g/mol. The lowest BCUT2D eigenvalue weighted by molar-refractivity contribution is 0.756. The molecule has 5 rings (SSSR count). The highest BCUT2D eigenvalue weighted by Crippen LogP contribution is 2.43. The fourth-order valence-corrected chi connectivity index (χ4v) is 4.76. The van der Waals surface area contributed by atoms with Crippen molar-refractivity contribution in [3.63, 3.8) is 0 Å². The Bertz CT molecular complexity index is 1020. The normalized spacial score (nSPS) is 19.0. The van der Waals surface area contributed by atoms with Crippen LogP contribution in [-0.2, 0) is 6.42 Å². The molecule has 0 amide bonds. The molecule has 0 spiro atoms. The summed E-state index contributed by atoms with van der Waals surface area (Å²) in [5.74, 6) is 0.526. The molecule has 0 saturated heterocycles. The molecule has 2 aliphatic rings. The maximum Gasteiger partial charge on any atom is 0.0181 e. The van der Waals surface area contributed by atoms with Gasteiger partial charge in [0.25, 0.3) is 0 Å². The average Bonchev–Trinajstić information content (AvgIpc) is 2.67. The first-order valence-electron chi connectivity index (χ1n) is 8.96. The second-order valence-electron chi connectivity index (χ2n) is 7.05. The van der Waals surface area contributed by atoms with Gasteiger partial charge in [0.2, 0.25) is 0 Å². The van der Waals surface area contributed by atoms with Crippen LogP contribution in [0.2, 0.25) is 0 Å². The number of aryl methyl sites for hydroxylation is 1. The van der Waals surface area contributed by atoms with Gasteiger partial charge in [0, 0.05) is 10.4 Å². The Morgan fingerprint density at radius 3 is 2.64 bits per heavy atom. The number of hydrogen-bond donors (Lipinski definition) is 0. The Kier molecular flexibility index (Phi) is 3.64. The molecule has 1 heteroatoms. The summed E-state index contributed by atoms with van der Waals surface area (Å²) in [6.45, 7) is 0. The van der Waals surface area contributed by atoms with Crippen LogP contribution < -0.4 is 0 Å². The lowest BCUT2D eigenvalue weighted by atomic mass is 9.76. The van der Waals surface area contributed by atoms with Crippen LogP contribution in [0.25, 0.3) is 16.3 Å². The Hall–Kier alpha value is -2.12. The summed E-state index contributed by atoms with van der Waals surface area (Å²) >= 11 is 3.59. The number of allylic oxidation sites excluding steroid dienone is 4. The number of fused-ring (bicyclic) bond motifs is 4. The molecular formula is C24H19Br. The highest BCUT2D eigenvalue weighted by atomic mass is 79.9. The molecule has 0 bridgehead atoms. The van der Waals surface area contributed by atoms with Gasteiger partial charge in [-0.25, -0.2) is 0 Å². The van der Waals surface area contributed by atoms with Crippen molar-refractivity contribution in [3.8, 4) is 0 Å². The maximum absolute atomic E-state index is 3.59. The van der Waals surface area contributed by atoms with E-state index in [1.165, 1.54) is 39.5 Å². The van der Waals surface area contributed by atoms with Gasteiger partial charge in [-0.1, -0.05) is 82.2 Å². The molecule has 0 N–H and O–H groups in total. The van der Waals surface area contributed by atoms with Crippen molar-refractivity contribution in [2.45, 2.75) is 25.2 Å². The van der Waals surface area contributed by atoms with Gasteiger partial charge in [-0.05, 0) is 64.4 Å². The van der Waals surface area contributed by atoms with Crippen LogP contribution in [0, 0.1) is 0 Å². The van der Waals surface area contributed by atoms with Crippen LogP contribution in [0.15, 0.2) is 82.9 Å². The molecule has 0 saturated carbocycles. The van der Waals surface area contributed by atoms with Gasteiger partial charge in [0.05, 0.1) is 0 Å². The van der Waals surface area contributed by atoms with Gasteiger partial charge in [-0.2, -0.15) is 0 Å². The molecule has 3 aromatic rings. The molecule has 25 heavy (non-hydrogen) atoms.